The van der Waals surface area contributed by atoms with Crippen LogP contribution < -0.4 is 11.1 Å². The van der Waals surface area contributed by atoms with Crippen molar-refractivity contribution in [2.24, 2.45) is 5.73 Å². The first-order valence-corrected chi connectivity index (χ1v) is 5.64. The zero-order valence-electron chi connectivity index (χ0n) is 10.3. The molecule has 1 aliphatic heterocycles. The van der Waals surface area contributed by atoms with Crippen LogP contribution in [0.15, 0.2) is 24.3 Å². The second-order valence-corrected chi connectivity index (χ2v) is 3.99. The minimum Gasteiger partial charge on any atom is -0.366 e. The quantitative estimate of drug-likeness (QED) is 0.850. The van der Waals surface area contributed by atoms with Crippen molar-refractivity contribution in [2.45, 2.75) is 6.04 Å². The van der Waals surface area contributed by atoms with Gasteiger partial charge >= 0.3 is 0 Å². The molecule has 1 heterocycles. The summed E-state index contributed by atoms with van der Waals surface area (Å²) in [6.45, 7) is 2.41. The molecule has 5 nitrogen and oxygen atoms in total. The molecule has 1 saturated heterocycles. The van der Waals surface area contributed by atoms with Crippen LogP contribution in [0.5, 0.6) is 0 Å². The van der Waals surface area contributed by atoms with Gasteiger partial charge in [0.25, 0.3) is 0 Å². The minimum atomic E-state index is -0.401. The van der Waals surface area contributed by atoms with E-state index in [9.17, 15) is 4.79 Å². The molecule has 1 aromatic carbocycles. The van der Waals surface area contributed by atoms with Crippen molar-refractivity contribution in [3.05, 3.63) is 35.4 Å². The Labute approximate surface area is 113 Å². The summed E-state index contributed by atoms with van der Waals surface area (Å²) in [5, 5.41) is 5.16. The molecule has 0 aromatic heterocycles. The molecule has 1 amide bonds. The molecule has 2 rings (SSSR count). The van der Waals surface area contributed by atoms with E-state index in [1.165, 1.54) is 0 Å². The summed E-state index contributed by atoms with van der Waals surface area (Å²) in [5.41, 5.74) is 6.86. The van der Waals surface area contributed by atoms with Gasteiger partial charge in [0.15, 0.2) is 0 Å². The smallest absolute Gasteiger partial charge is 0.249 e. The number of primary amides is 1. The molecule has 0 spiro atoms. The van der Waals surface area contributed by atoms with Crippen molar-refractivity contribution in [1.82, 2.24) is 10.4 Å². The van der Waals surface area contributed by atoms with Gasteiger partial charge in [-0.2, -0.15) is 5.06 Å². The highest BCUT2D eigenvalue weighted by Gasteiger charge is 2.26. The van der Waals surface area contributed by atoms with E-state index in [0.29, 0.717) is 5.56 Å². The summed E-state index contributed by atoms with van der Waals surface area (Å²) >= 11 is 0. The van der Waals surface area contributed by atoms with Crippen LogP contribution in [0.25, 0.3) is 0 Å². The van der Waals surface area contributed by atoms with Crippen LogP contribution in [-0.4, -0.2) is 37.7 Å². The number of piperazine rings is 1. The van der Waals surface area contributed by atoms with E-state index in [4.69, 9.17) is 10.6 Å². The normalized spacial score (nSPS) is 20.2. The Morgan fingerprint density at radius 2 is 2.22 bits per heavy atom. The van der Waals surface area contributed by atoms with Crippen LogP contribution >= 0.6 is 12.4 Å². The Kier molecular flexibility index (Phi) is 5.55. The summed E-state index contributed by atoms with van der Waals surface area (Å²) in [7, 11) is 1.64. The predicted molar refractivity (Wildman–Crippen MR) is 71.5 cm³/mol. The fourth-order valence-electron chi connectivity index (χ4n) is 2.18. The lowest BCUT2D eigenvalue weighted by Gasteiger charge is -2.34. The molecule has 0 bridgehead atoms. The van der Waals surface area contributed by atoms with E-state index in [0.717, 1.165) is 25.2 Å². The standard InChI is InChI=1S/C12H17N3O2.ClH/c1-17-15-7-6-14-8-11(15)9-4-2-3-5-10(9)12(13)16;/h2-5,11,14H,6-8H2,1H3,(H2,13,16);1H. The van der Waals surface area contributed by atoms with Gasteiger partial charge in [0.2, 0.25) is 5.91 Å². The molecule has 1 unspecified atom stereocenters. The highest BCUT2D eigenvalue weighted by molar-refractivity contribution is 5.94. The van der Waals surface area contributed by atoms with Crippen LogP contribution in [-0.2, 0) is 4.84 Å². The summed E-state index contributed by atoms with van der Waals surface area (Å²) in [4.78, 5) is 16.7. The summed E-state index contributed by atoms with van der Waals surface area (Å²) in [6.07, 6.45) is 0. The highest BCUT2D eigenvalue weighted by atomic mass is 35.5. The van der Waals surface area contributed by atoms with Crippen molar-refractivity contribution in [1.29, 1.82) is 0 Å². The molecule has 0 saturated carbocycles. The third-order valence-electron chi connectivity index (χ3n) is 3.01. The van der Waals surface area contributed by atoms with Crippen molar-refractivity contribution in [3.8, 4) is 0 Å². The number of nitrogens with zero attached hydrogens (tertiary/aromatic N) is 1. The van der Waals surface area contributed by atoms with Gasteiger partial charge in [-0.05, 0) is 11.6 Å². The lowest BCUT2D eigenvalue weighted by Crippen LogP contribution is -2.45. The third kappa shape index (κ3) is 3.00. The number of nitrogens with two attached hydrogens (primary N) is 1. The fourth-order valence-corrected chi connectivity index (χ4v) is 2.18. The second-order valence-electron chi connectivity index (χ2n) is 3.99. The van der Waals surface area contributed by atoms with Gasteiger partial charge in [-0.15, -0.1) is 12.4 Å². The molecule has 1 aliphatic rings. The molecule has 1 aromatic rings. The van der Waals surface area contributed by atoms with E-state index < -0.39 is 5.91 Å². The van der Waals surface area contributed by atoms with Crippen LogP contribution in [0.4, 0.5) is 0 Å². The molecule has 100 valence electrons. The number of benzene rings is 1. The molecule has 3 N–H and O–H groups in total. The lowest BCUT2D eigenvalue weighted by atomic mass is 9.98. The first kappa shape index (κ1) is 14.9. The molecule has 1 fully saturated rings. The summed E-state index contributed by atoms with van der Waals surface area (Å²) < 4.78 is 0. The second kappa shape index (κ2) is 6.70. The van der Waals surface area contributed by atoms with Crippen LogP contribution in [0.3, 0.4) is 0 Å². The largest absolute Gasteiger partial charge is 0.366 e. The minimum absolute atomic E-state index is 0. The van der Waals surface area contributed by atoms with Gasteiger partial charge in [0, 0.05) is 25.2 Å². The zero-order valence-corrected chi connectivity index (χ0v) is 11.1. The van der Waals surface area contributed by atoms with Crippen molar-refractivity contribution in [2.75, 3.05) is 26.7 Å². The average Bonchev–Trinajstić information content (AvgIpc) is 2.38. The lowest BCUT2D eigenvalue weighted by molar-refractivity contribution is -0.171. The van der Waals surface area contributed by atoms with E-state index in [1.807, 2.05) is 23.3 Å². The maximum absolute atomic E-state index is 11.4. The number of carbonyl (C=O) groups excluding carboxylic acids is 1. The monoisotopic (exact) mass is 271 g/mol. The van der Waals surface area contributed by atoms with Gasteiger partial charge in [0.05, 0.1) is 13.2 Å². The predicted octanol–water partition coefficient (Wildman–Crippen LogP) is 0.715. The summed E-state index contributed by atoms with van der Waals surface area (Å²) in [5.74, 6) is -0.401. The Morgan fingerprint density at radius 1 is 1.50 bits per heavy atom. The van der Waals surface area contributed by atoms with E-state index in [1.54, 1.807) is 13.2 Å². The number of carbonyl (C=O) groups is 1. The first-order valence-electron chi connectivity index (χ1n) is 5.64. The van der Waals surface area contributed by atoms with Gasteiger partial charge < -0.3 is 15.9 Å². The maximum atomic E-state index is 11.4. The van der Waals surface area contributed by atoms with Crippen molar-refractivity contribution >= 4 is 18.3 Å². The third-order valence-corrected chi connectivity index (χ3v) is 3.01. The van der Waals surface area contributed by atoms with E-state index in [2.05, 4.69) is 5.32 Å². The zero-order chi connectivity index (χ0) is 12.3. The molecule has 18 heavy (non-hydrogen) atoms. The molecular formula is C12H18ClN3O2. The Morgan fingerprint density at radius 3 is 2.89 bits per heavy atom. The topological polar surface area (TPSA) is 67.6 Å². The number of amides is 1. The number of nitrogens with one attached hydrogen (secondary N) is 1. The summed E-state index contributed by atoms with van der Waals surface area (Å²) in [6, 6.07) is 7.42. The van der Waals surface area contributed by atoms with Crippen LogP contribution in [0.2, 0.25) is 0 Å². The van der Waals surface area contributed by atoms with Gasteiger partial charge in [-0.25, -0.2) is 0 Å². The van der Waals surface area contributed by atoms with Crippen LogP contribution in [0, 0.1) is 0 Å². The molecule has 1 atom stereocenters. The Balaban J connectivity index is 0.00000162. The number of hydrogen-bond donors (Lipinski definition) is 2. The van der Waals surface area contributed by atoms with E-state index >= 15 is 0 Å². The van der Waals surface area contributed by atoms with Gasteiger partial charge in [-0.3, -0.25) is 4.79 Å². The van der Waals surface area contributed by atoms with Gasteiger partial charge in [0.1, 0.15) is 0 Å². The fraction of sp³-hybridized carbons (Fsp3) is 0.417. The van der Waals surface area contributed by atoms with Gasteiger partial charge in [-0.1, -0.05) is 18.2 Å². The van der Waals surface area contributed by atoms with Crippen molar-refractivity contribution < 1.29 is 9.63 Å². The SMILES string of the molecule is CON1CCNCC1c1ccccc1C(N)=O.Cl. The number of halogens is 1. The molecule has 0 aliphatic carbocycles. The molecule has 6 heteroatoms. The number of hydroxylamine groups is 2. The highest BCUT2D eigenvalue weighted by Crippen LogP contribution is 2.25. The van der Waals surface area contributed by atoms with Crippen LogP contribution in [0.1, 0.15) is 22.0 Å². The molecular weight excluding hydrogens is 254 g/mol. The Hall–Kier alpha value is -1.14. The Bertz CT molecular complexity index is 414. The number of hydrogen-bond acceptors (Lipinski definition) is 4. The van der Waals surface area contributed by atoms with Crippen molar-refractivity contribution in [3.63, 3.8) is 0 Å². The first-order chi connectivity index (χ1) is 8.24. The maximum Gasteiger partial charge on any atom is 0.249 e. The molecule has 0 radical (unpaired) electrons. The average molecular weight is 272 g/mol. The van der Waals surface area contributed by atoms with E-state index in [-0.39, 0.29) is 18.4 Å². The number of rotatable bonds is 3.